The van der Waals surface area contributed by atoms with Gasteiger partial charge in [0.2, 0.25) is 0 Å². The van der Waals surface area contributed by atoms with E-state index in [1.165, 1.54) is 0 Å². The van der Waals surface area contributed by atoms with Gasteiger partial charge in [0.25, 0.3) is 0 Å². The number of hydrogen-bond acceptors (Lipinski definition) is 8. The zero-order valence-corrected chi connectivity index (χ0v) is 16.0. The van der Waals surface area contributed by atoms with Crippen molar-refractivity contribution >= 4 is 11.9 Å². The fourth-order valence-corrected chi connectivity index (χ4v) is 1.98. The van der Waals surface area contributed by atoms with E-state index in [1.54, 1.807) is 54.6 Å². The lowest BCUT2D eigenvalue weighted by Crippen LogP contribution is -2.20. The molecule has 0 fully saturated rings. The van der Waals surface area contributed by atoms with Gasteiger partial charge in [-0.2, -0.15) is 10.5 Å². The normalized spacial score (nSPS) is 10.5. The van der Waals surface area contributed by atoms with Crippen LogP contribution in [0.25, 0.3) is 0 Å². The molecule has 28 heavy (non-hydrogen) atoms. The van der Waals surface area contributed by atoms with Crippen LogP contribution in [0.5, 0.6) is 0 Å². The van der Waals surface area contributed by atoms with Gasteiger partial charge in [-0.3, -0.25) is 9.78 Å². The Hall–Kier alpha value is -2.78. The molecule has 0 saturated heterocycles. The van der Waals surface area contributed by atoms with Gasteiger partial charge >= 0.3 is 11.9 Å². The highest BCUT2D eigenvalue weighted by atomic mass is 17.2. The smallest absolute Gasteiger partial charge is 0.296 e. The van der Waals surface area contributed by atoms with E-state index in [-0.39, 0.29) is 5.60 Å². The van der Waals surface area contributed by atoms with Gasteiger partial charge in [0, 0.05) is 0 Å². The molecule has 8 heteroatoms. The van der Waals surface area contributed by atoms with Crippen LogP contribution in [0.2, 0.25) is 0 Å². The first-order valence-corrected chi connectivity index (χ1v) is 8.43. The highest BCUT2D eigenvalue weighted by Crippen LogP contribution is 2.12. The van der Waals surface area contributed by atoms with Gasteiger partial charge in [-0.25, -0.2) is 19.4 Å². The summed E-state index contributed by atoms with van der Waals surface area (Å²) in [6.07, 6.45) is 0.487. The predicted octanol–water partition coefficient (Wildman–Crippen LogP) is 3.92. The maximum Gasteiger partial charge on any atom is 0.373 e. The van der Waals surface area contributed by atoms with E-state index in [1.807, 2.05) is 20.8 Å². The Kier molecular flexibility index (Phi) is 9.83. The summed E-state index contributed by atoms with van der Waals surface area (Å²) in [5.74, 6) is -1.51. The van der Waals surface area contributed by atoms with Crippen molar-refractivity contribution in [1.82, 2.24) is 0 Å². The van der Waals surface area contributed by atoms with E-state index >= 15 is 0 Å². The number of carbonyl (C=O) groups excluding carboxylic acids is 2. The van der Waals surface area contributed by atoms with E-state index in [4.69, 9.17) is 20.3 Å². The second-order valence-corrected chi connectivity index (χ2v) is 6.55. The average molecular weight is 392 g/mol. The van der Waals surface area contributed by atoms with Crippen molar-refractivity contribution in [3.05, 3.63) is 71.3 Å². The Bertz CT molecular complexity index is 737. The Morgan fingerprint density at radius 1 is 0.857 bits per heavy atom. The summed E-state index contributed by atoms with van der Waals surface area (Å²) in [6, 6.07) is 15.1. The Balaban J connectivity index is 0.000000330. The van der Waals surface area contributed by atoms with E-state index in [0.29, 0.717) is 24.2 Å². The minimum Gasteiger partial charge on any atom is -0.296 e. The molecule has 0 aliphatic rings. The van der Waals surface area contributed by atoms with Crippen molar-refractivity contribution in [2.24, 2.45) is 0 Å². The van der Waals surface area contributed by atoms with E-state index in [9.17, 15) is 9.59 Å². The van der Waals surface area contributed by atoms with Crippen LogP contribution in [0.3, 0.4) is 0 Å². The highest BCUT2D eigenvalue weighted by Gasteiger charge is 2.14. The van der Waals surface area contributed by atoms with Gasteiger partial charge in [0.15, 0.2) is 0 Å². The van der Waals surface area contributed by atoms with Crippen LogP contribution in [-0.4, -0.2) is 34.7 Å². The second kappa shape index (κ2) is 11.8. The third kappa shape index (κ3) is 8.74. The van der Waals surface area contributed by atoms with Gasteiger partial charge in [0.1, 0.15) is 0 Å². The average Bonchev–Trinajstić information content (AvgIpc) is 2.70. The predicted molar refractivity (Wildman–Crippen MR) is 99.5 cm³/mol. The number of hydrogen-bond donors (Lipinski definition) is 2. The second-order valence-electron chi connectivity index (χ2n) is 6.55. The molecule has 0 bridgehead atoms. The van der Waals surface area contributed by atoms with Crippen molar-refractivity contribution in [2.75, 3.05) is 6.61 Å². The van der Waals surface area contributed by atoms with Gasteiger partial charge in [-0.15, -0.1) is 0 Å². The van der Waals surface area contributed by atoms with Crippen molar-refractivity contribution in [2.45, 2.75) is 32.8 Å². The molecule has 2 aromatic carbocycles. The van der Waals surface area contributed by atoms with Crippen LogP contribution < -0.4 is 0 Å². The minimum absolute atomic E-state index is 0.312. The van der Waals surface area contributed by atoms with Crippen LogP contribution in [-0.2, 0) is 26.0 Å². The summed E-state index contributed by atoms with van der Waals surface area (Å²) in [7, 11) is 0. The fourth-order valence-electron chi connectivity index (χ4n) is 1.98. The molecule has 0 spiro atoms. The van der Waals surface area contributed by atoms with Crippen LogP contribution >= 0.6 is 0 Å². The lowest BCUT2D eigenvalue weighted by Gasteiger charge is -2.17. The summed E-state index contributed by atoms with van der Waals surface area (Å²) >= 11 is 0. The molecular weight excluding hydrogens is 368 g/mol. The molecule has 0 aliphatic heterocycles. The summed E-state index contributed by atoms with van der Waals surface area (Å²) in [5.41, 5.74) is 1.02. The van der Waals surface area contributed by atoms with Crippen LogP contribution in [0.1, 0.15) is 47.1 Å². The van der Waals surface area contributed by atoms with Crippen LogP contribution in [0, 0.1) is 0 Å². The molecule has 0 aromatic heterocycles. The maximum atomic E-state index is 11.3. The lowest BCUT2D eigenvalue weighted by molar-refractivity contribution is -0.347. The number of carbonyl (C=O) groups is 2. The summed E-state index contributed by atoms with van der Waals surface area (Å²) in [4.78, 5) is 39.2. The minimum atomic E-state index is -0.776. The topological polar surface area (TPSA) is 112 Å². The molecule has 0 unspecified atom stereocenters. The van der Waals surface area contributed by atoms with E-state index in [2.05, 4.69) is 9.78 Å². The quantitative estimate of drug-likeness (QED) is 0.432. The molecule has 2 aromatic rings. The van der Waals surface area contributed by atoms with Crippen molar-refractivity contribution in [3.8, 4) is 0 Å². The molecule has 2 rings (SSSR count). The zero-order chi connectivity index (χ0) is 21.0. The Labute approximate surface area is 163 Å². The Morgan fingerprint density at radius 2 is 1.43 bits per heavy atom. The van der Waals surface area contributed by atoms with Crippen molar-refractivity contribution in [3.63, 3.8) is 0 Å². The first kappa shape index (κ1) is 23.3. The maximum absolute atomic E-state index is 11.3. The van der Waals surface area contributed by atoms with E-state index < -0.39 is 11.9 Å². The van der Waals surface area contributed by atoms with Gasteiger partial charge in [-0.1, -0.05) is 36.4 Å². The standard InChI is InChI=1S/C13H18O5.C7H6O3/c1-13(2,3)18-16-9-8-10-6-4-5-7-11(10)12(14)17-15;8-7(10-9)6-4-2-1-3-5-6/h4-7,15H,8-9H2,1-3H3;1-5,9H. The molecule has 0 amide bonds. The largest absolute Gasteiger partial charge is 0.373 e. The van der Waals surface area contributed by atoms with Gasteiger partial charge in [0.05, 0.1) is 23.3 Å². The number of rotatable bonds is 6. The molecule has 0 aliphatic carbocycles. The molecule has 2 N–H and O–H groups in total. The first-order valence-electron chi connectivity index (χ1n) is 8.43. The van der Waals surface area contributed by atoms with Crippen molar-refractivity contribution in [1.29, 1.82) is 0 Å². The third-order valence-corrected chi connectivity index (χ3v) is 3.18. The molecular formula is C20H24O8. The Morgan fingerprint density at radius 3 is 2.00 bits per heavy atom. The van der Waals surface area contributed by atoms with Gasteiger partial charge < -0.3 is 0 Å². The summed E-state index contributed by atoms with van der Waals surface area (Å²) < 4.78 is 0. The first-order chi connectivity index (χ1) is 13.3. The summed E-state index contributed by atoms with van der Waals surface area (Å²) in [6.45, 7) is 5.95. The zero-order valence-electron chi connectivity index (χ0n) is 16.0. The van der Waals surface area contributed by atoms with Crippen LogP contribution in [0.15, 0.2) is 54.6 Å². The third-order valence-electron chi connectivity index (χ3n) is 3.18. The SMILES string of the molecule is CC(C)(C)OOCCc1ccccc1C(=O)OO.O=C(OO)c1ccccc1. The monoisotopic (exact) mass is 392 g/mol. The lowest BCUT2D eigenvalue weighted by atomic mass is 10.1. The molecule has 0 radical (unpaired) electrons. The van der Waals surface area contributed by atoms with E-state index in [0.717, 1.165) is 5.56 Å². The molecule has 0 saturated carbocycles. The molecule has 8 nitrogen and oxygen atoms in total. The van der Waals surface area contributed by atoms with Crippen molar-refractivity contribution < 1.29 is 39.7 Å². The van der Waals surface area contributed by atoms with Crippen LogP contribution in [0.4, 0.5) is 0 Å². The molecule has 152 valence electrons. The molecule has 0 atom stereocenters. The summed E-state index contributed by atoms with van der Waals surface area (Å²) in [5, 5.41) is 16.3. The number of benzene rings is 2. The van der Waals surface area contributed by atoms with Gasteiger partial charge in [-0.05, 0) is 51.0 Å². The fraction of sp³-hybridized carbons (Fsp3) is 0.300. The molecule has 0 heterocycles. The highest BCUT2D eigenvalue weighted by molar-refractivity contribution is 5.90.